The van der Waals surface area contributed by atoms with E-state index in [0.29, 0.717) is 40.1 Å². The largest absolute Gasteiger partial charge is 0.356 e. The Hall–Kier alpha value is -3.97. The molecule has 1 N–H and O–H groups in total. The monoisotopic (exact) mass is 567 g/mol. The fourth-order valence-electron chi connectivity index (χ4n) is 5.38. The van der Waals surface area contributed by atoms with Crippen molar-refractivity contribution in [3.63, 3.8) is 0 Å². The van der Waals surface area contributed by atoms with Crippen LogP contribution in [0.5, 0.6) is 0 Å². The van der Waals surface area contributed by atoms with Crippen LogP contribution in [0.3, 0.4) is 0 Å². The number of imidazole rings is 1. The smallest absolute Gasteiger partial charge is 0.231 e. The molecule has 5 heterocycles. The summed E-state index contributed by atoms with van der Waals surface area (Å²) in [5.41, 5.74) is 2.45. The average Bonchev–Trinajstić information content (AvgIpc) is 3.35. The van der Waals surface area contributed by atoms with E-state index in [-0.39, 0.29) is 23.2 Å². The van der Waals surface area contributed by atoms with E-state index in [4.69, 9.17) is 16.3 Å². The highest BCUT2D eigenvalue weighted by Crippen LogP contribution is 2.43. The van der Waals surface area contributed by atoms with Gasteiger partial charge in [0.2, 0.25) is 5.91 Å². The molecule has 2 fully saturated rings. The zero-order valence-corrected chi connectivity index (χ0v) is 22.1. The summed E-state index contributed by atoms with van der Waals surface area (Å²) in [7, 11) is 0. The van der Waals surface area contributed by atoms with Gasteiger partial charge in [-0.25, -0.2) is 18.4 Å². The van der Waals surface area contributed by atoms with Crippen molar-refractivity contribution in [1.82, 2.24) is 39.4 Å². The lowest BCUT2D eigenvalue weighted by Gasteiger charge is -2.25. The zero-order chi connectivity index (χ0) is 27.5. The van der Waals surface area contributed by atoms with Crippen LogP contribution in [0.15, 0.2) is 37.1 Å². The second kappa shape index (κ2) is 9.59. The molecule has 1 saturated carbocycles. The molecule has 206 valence electrons. The lowest BCUT2D eigenvalue weighted by atomic mass is 9.96. The minimum absolute atomic E-state index is 0.0747. The average molecular weight is 568 g/mol. The number of carbonyl (C=O) groups is 1. The van der Waals surface area contributed by atoms with E-state index in [2.05, 4.69) is 30.8 Å². The van der Waals surface area contributed by atoms with Gasteiger partial charge < -0.3 is 14.5 Å². The number of amides is 1. The van der Waals surface area contributed by atoms with E-state index in [0.717, 1.165) is 19.3 Å². The van der Waals surface area contributed by atoms with Crippen molar-refractivity contribution in [2.45, 2.75) is 51.0 Å². The lowest BCUT2D eigenvalue weighted by Crippen LogP contribution is -2.21. The summed E-state index contributed by atoms with van der Waals surface area (Å²) in [5, 5.41) is 19.7. The molecule has 1 saturated heterocycles. The number of tetrazole rings is 1. The highest BCUT2D eigenvalue weighted by molar-refractivity contribution is 6.35. The molecule has 1 aromatic carbocycles. The van der Waals surface area contributed by atoms with Crippen molar-refractivity contribution >= 4 is 39.9 Å². The molecule has 14 heteroatoms. The predicted octanol–water partition coefficient (Wildman–Crippen LogP) is 4.73. The molecule has 4 aromatic heterocycles. The summed E-state index contributed by atoms with van der Waals surface area (Å²) in [4.78, 5) is 17.9. The third kappa shape index (κ3) is 4.11. The van der Waals surface area contributed by atoms with Gasteiger partial charge >= 0.3 is 0 Å². The van der Waals surface area contributed by atoms with Crippen molar-refractivity contribution in [3.05, 3.63) is 53.5 Å². The van der Waals surface area contributed by atoms with Gasteiger partial charge in [-0.05, 0) is 50.0 Å². The number of ether oxygens (including phenoxy) is 1. The van der Waals surface area contributed by atoms with Gasteiger partial charge in [0.25, 0.3) is 0 Å². The molecular weight excluding hydrogens is 544 g/mol. The number of carbonyl (C=O) groups excluding carboxylic acids is 1. The summed E-state index contributed by atoms with van der Waals surface area (Å²) in [6.07, 6.45) is 7.77. The lowest BCUT2D eigenvalue weighted by molar-refractivity contribution is -0.117. The van der Waals surface area contributed by atoms with E-state index in [1.54, 1.807) is 46.7 Å². The predicted molar refractivity (Wildman–Crippen MR) is 141 cm³/mol. The summed E-state index contributed by atoms with van der Waals surface area (Å²) in [5.74, 6) is -1.34. The zero-order valence-electron chi connectivity index (χ0n) is 21.3. The third-order valence-corrected chi connectivity index (χ3v) is 7.92. The first kappa shape index (κ1) is 25.0. The van der Waals surface area contributed by atoms with Gasteiger partial charge in [0, 0.05) is 34.9 Å². The molecule has 1 aliphatic heterocycles. The van der Waals surface area contributed by atoms with Crippen molar-refractivity contribution in [1.29, 1.82) is 0 Å². The molecule has 2 unspecified atom stereocenters. The molecule has 0 spiro atoms. The van der Waals surface area contributed by atoms with E-state index in [1.165, 1.54) is 11.1 Å². The Morgan fingerprint density at radius 1 is 1.25 bits per heavy atom. The SMILES string of the molecule is CC(c1c(F)c(Cl)c(-c2ccc3nc(NC(=O)[C@@H]4C[C@@H]4F)cn3c2)c2cnn(C3CCCCO3)c12)n1ncnn1. The molecular formula is C26H24ClF2N9O2. The molecule has 40 heavy (non-hydrogen) atoms. The number of nitrogens with zero attached hydrogens (tertiary/aromatic N) is 8. The highest BCUT2D eigenvalue weighted by Gasteiger charge is 2.43. The van der Waals surface area contributed by atoms with Gasteiger partial charge in [-0.2, -0.15) is 9.90 Å². The standard InChI is InChI=1S/C26H24ClF2N9O2/c1-13(38-32-12-30-35-38)21-24(29)23(27)22(16-9-31-37(25(16)21)20-4-2-3-7-40-20)14-5-6-19-33-18(11-36(19)10-14)34-26(39)15-8-17(15)28/h5-6,9-13,15,17,20H,2-4,7-8H2,1H3,(H,34,39)/t13?,15-,17+,20?/m1/s1. The fourth-order valence-corrected chi connectivity index (χ4v) is 5.70. The number of nitrogens with one attached hydrogen (secondary N) is 1. The maximum absolute atomic E-state index is 16.3. The number of pyridine rings is 1. The Labute approximate surface area is 231 Å². The van der Waals surface area contributed by atoms with Crippen LogP contribution in [0.4, 0.5) is 14.6 Å². The Morgan fingerprint density at radius 2 is 2.10 bits per heavy atom. The maximum atomic E-state index is 16.3. The van der Waals surface area contributed by atoms with Crippen LogP contribution in [0.2, 0.25) is 5.02 Å². The minimum atomic E-state index is -1.10. The van der Waals surface area contributed by atoms with Crippen molar-refractivity contribution in [2.75, 3.05) is 11.9 Å². The minimum Gasteiger partial charge on any atom is -0.356 e. The van der Waals surface area contributed by atoms with Crippen molar-refractivity contribution in [2.24, 2.45) is 5.92 Å². The second-order valence-corrected chi connectivity index (χ2v) is 10.6. The maximum Gasteiger partial charge on any atom is 0.231 e. The molecule has 7 rings (SSSR count). The molecule has 2 aliphatic rings. The van der Waals surface area contributed by atoms with Gasteiger partial charge in [-0.1, -0.05) is 11.6 Å². The summed E-state index contributed by atoms with van der Waals surface area (Å²) >= 11 is 6.77. The topological polar surface area (TPSA) is 117 Å². The Bertz CT molecular complexity index is 1750. The van der Waals surface area contributed by atoms with Gasteiger partial charge in [0.05, 0.1) is 28.9 Å². The molecule has 0 radical (unpaired) electrons. The van der Waals surface area contributed by atoms with Crippen LogP contribution in [0, 0.1) is 11.7 Å². The number of fused-ring (bicyclic) bond motifs is 2. The first-order chi connectivity index (χ1) is 19.4. The van der Waals surface area contributed by atoms with Crippen molar-refractivity contribution < 1.29 is 18.3 Å². The van der Waals surface area contributed by atoms with Crippen LogP contribution >= 0.6 is 11.6 Å². The van der Waals surface area contributed by atoms with Crippen LogP contribution < -0.4 is 5.32 Å². The van der Waals surface area contributed by atoms with Gasteiger partial charge in [0.1, 0.15) is 23.7 Å². The van der Waals surface area contributed by atoms with Crippen LogP contribution in [-0.4, -0.2) is 58.1 Å². The van der Waals surface area contributed by atoms with Crippen LogP contribution in [0.25, 0.3) is 27.7 Å². The molecule has 1 amide bonds. The van der Waals surface area contributed by atoms with E-state index in [1.807, 2.05) is 0 Å². The number of hydrogen-bond donors (Lipinski definition) is 1. The Balaban J connectivity index is 1.37. The fraction of sp³-hybridized carbons (Fsp3) is 0.385. The molecule has 4 atom stereocenters. The normalized spacial score (nSPS) is 21.6. The quantitative estimate of drug-likeness (QED) is 0.315. The first-order valence-electron chi connectivity index (χ1n) is 13.1. The van der Waals surface area contributed by atoms with Gasteiger partial charge in [-0.3, -0.25) is 4.79 Å². The Kier molecular flexibility index (Phi) is 6.00. The molecule has 5 aromatic rings. The molecule has 1 aliphatic carbocycles. The summed E-state index contributed by atoms with van der Waals surface area (Å²) < 4.78 is 39.1. The van der Waals surface area contributed by atoms with Crippen LogP contribution in [0.1, 0.15) is 50.4 Å². The summed E-state index contributed by atoms with van der Waals surface area (Å²) in [6.45, 7) is 2.36. The van der Waals surface area contributed by atoms with Gasteiger partial charge in [-0.15, -0.1) is 10.2 Å². The van der Waals surface area contributed by atoms with Gasteiger partial charge in [0.15, 0.2) is 18.4 Å². The summed E-state index contributed by atoms with van der Waals surface area (Å²) in [6, 6.07) is 2.89. The van der Waals surface area contributed by atoms with E-state index in [9.17, 15) is 9.18 Å². The number of halogens is 3. The Morgan fingerprint density at radius 3 is 2.83 bits per heavy atom. The third-order valence-electron chi connectivity index (χ3n) is 7.57. The first-order valence-corrected chi connectivity index (χ1v) is 13.4. The number of rotatable bonds is 6. The molecule has 0 bridgehead atoms. The number of anilines is 1. The number of alkyl halides is 1. The van der Waals surface area contributed by atoms with E-state index >= 15 is 4.39 Å². The number of aromatic nitrogens is 8. The van der Waals surface area contributed by atoms with Crippen molar-refractivity contribution in [3.8, 4) is 11.1 Å². The van der Waals surface area contributed by atoms with Crippen LogP contribution in [-0.2, 0) is 9.53 Å². The van der Waals surface area contributed by atoms with E-state index < -0.39 is 29.9 Å². The molecule has 11 nitrogen and oxygen atoms in total. The number of benzene rings is 1. The highest BCUT2D eigenvalue weighted by atomic mass is 35.5. The second-order valence-electron chi connectivity index (χ2n) is 10.2. The number of hydrogen-bond acceptors (Lipinski definition) is 7.